The summed E-state index contributed by atoms with van der Waals surface area (Å²) in [6.07, 6.45) is 2.91. The molecule has 1 unspecified atom stereocenters. The lowest BCUT2D eigenvalue weighted by Crippen LogP contribution is -2.35. The van der Waals surface area contributed by atoms with E-state index in [1.807, 2.05) is 55.5 Å². The zero-order valence-corrected chi connectivity index (χ0v) is 16.0. The van der Waals surface area contributed by atoms with Crippen molar-refractivity contribution in [3.05, 3.63) is 65.2 Å². The van der Waals surface area contributed by atoms with Crippen molar-refractivity contribution in [2.45, 2.75) is 39.7 Å². The molecule has 0 radical (unpaired) electrons. The molecule has 0 heterocycles. The molecule has 1 atom stereocenters. The van der Waals surface area contributed by atoms with E-state index in [9.17, 15) is 5.11 Å². The van der Waals surface area contributed by atoms with Gasteiger partial charge < -0.3 is 14.3 Å². The Hall–Kier alpha value is -1.84. The number of aliphatic hydroxyl groups is 1. The second-order valence-corrected chi connectivity index (χ2v) is 7.81. The van der Waals surface area contributed by atoms with Gasteiger partial charge in [-0.3, -0.25) is 0 Å². The Kier molecular flexibility index (Phi) is 8.83. The monoisotopic (exact) mass is 358 g/mol. The lowest BCUT2D eigenvalue weighted by molar-refractivity contribution is -0.870. The van der Waals surface area contributed by atoms with Crippen molar-refractivity contribution in [2.24, 2.45) is 0 Å². The molecule has 0 aliphatic carbocycles. The molecule has 0 aromatic heterocycles. The summed E-state index contributed by atoms with van der Waals surface area (Å²) >= 11 is 0. The van der Waals surface area contributed by atoms with Crippen molar-refractivity contribution >= 4 is 0 Å². The van der Waals surface area contributed by atoms with Crippen LogP contribution in [0.5, 0.6) is 5.75 Å². The van der Waals surface area contributed by atoms with Gasteiger partial charge in [0, 0.05) is 0 Å². The SMILES string of the molecule is C.Cc1ccc(C(O)c2ccc(OCCCCC[N+](C)(C)C)cc2)cc1. The second kappa shape index (κ2) is 10.3. The van der Waals surface area contributed by atoms with E-state index in [2.05, 4.69) is 21.1 Å². The zero-order chi connectivity index (χ0) is 18.3. The van der Waals surface area contributed by atoms with E-state index in [-0.39, 0.29) is 7.43 Å². The molecule has 0 saturated carbocycles. The van der Waals surface area contributed by atoms with Crippen LogP contribution in [0.1, 0.15) is 49.5 Å². The second-order valence-electron chi connectivity index (χ2n) is 7.81. The Bertz CT molecular complexity index is 627. The van der Waals surface area contributed by atoms with Crippen molar-refractivity contribution in [3.8, 4) is 5.75 Å². The molecule has 3 nitrogen and oxygen atoms in total. The topological polar surface area (TPSA) is 29.5 Å². The molecule has 2 rings (SSSR count). The molecular formula is C23H36NO2+. The minimum absolute atomic E-state index is 0. The van der Waals surface area contributed by atoms with Gasteiger partial charge in [0.2, 0.25) is 0 Å². The molecule has 1 N–H and O–H groups in total. The van der Waals surface area contributed by atoms with Crippen LogP contribution in [0.15, 0.2) is 48.5 Å². The van der Waals surface area contributed by atoms with Crippen LogP contribution >= 0.6 is 0 Å². The van der Waals surface area contributed by atoms with Gasteiger partial charge in [-0.15, -0.1) is 0 Å². The molecule has 144 valence electrons. The first-order chi connectivity index (χ1) is 11.8. The number of unbranched alkanes of at least 4 members (excludes halogenated alkanes) is 2. The van der Waals surface area contributed by atoms with Crippen molar-refractivity contribution in [1.29, 1.82) is 0 Å². The number of aliphatic hydroxyl groups excluding tert-OH is 1. The van der Waals surface area contributed by atoms with Gasteiger partial charge in [0.15, 0.2) is 0 Å². The maximum absolute atomic E-state index is 10.5. The summed E-state index contributed by atoms with van der Waals surface area (Å²) in [5, 5.41) is 10.5. The summed E-state index contributed by atoms with van der Waals surface area (Å²) in [6, 6.07) is 15.8. The Morgan fingerprint density at radius 1 is 0.846 bits per heavy atom. The summed E-state index contributed by atoms with van der Waals surface area (Å²) in [6.45, 7) is 3.99. The maximum Gasteiger partial charge on any atom is 0.119 e. The molecule has 2 aromatic carbocycles. The van der Waals surface area contributed by atoms with Crippen LogP contribution in [0.3, 0.4) is 0 Å². The Labute approximate surface area is 159 Å². The fraction of sp³-hybridized carbons (Fsp3) is 0.478. The summed E-state index contributed by atoms with van der Waals surface area (Å²) in [7, 11) is 6.68. The average molecular weight is 359 g/mol. The number of hydrogen-bond acceptors (Lipinski definition) is 2. The van der Waals surface area contributed by atoms with Crippen LogP contribution in [-0.4, -0.2) is 43.9 Å². The Balaban J connectivity index is 0.00000338. The number of aryl methyl sites for hydroxylation is 1. The Morgan fingerprint density at radius 3 is 1.92 bits per heavy atom. The van der Waals surface area contributed by atoms with Gasteiger partial charge in [-0.2, -0.15) is 0 Å². The molecule has 0 spiro atoms. The molecule has 0 aliphatic heterocycles. The van der Waals surface area contributed by atoms with Crippen LogP contribution in [0.4, 0.5) is 0 Å². The highest BCUT2D eigenvalue weighted by Crippen LogP contribution is 2.24. The van der Waals surface area contributed by atoms with Crippen LogP contribution < -0.4 is 4.74 Å². The highest BCUT2D eigenvalue weighted by Gasteiger charge is 2.10. The molecule has 0 fully saturated rings. The average Bonchev–Trinajstić information content (AvgIpc) is 2.58. The quantitative estimate of drug-likeness (QED) is 0.507. The third kappa shape index (κ3) is 7.59. The largest absolute Gasteiger partial charge is 0.494 e. The van der Waals surface area contributed by atoms with Gasteiger partial charge in [0.1, 0.15) is 11.9 Å². The first-order valence-electron chi connectivity index (χ1n) is 9.13. The molecule has 0 saturated heterocycles. The van der Waals surface area contributed by atoms with E-state index in [1.165, 1.54) is 24.9 Å². The molecule has 2 aromatic rings. The lowest BCUT2D eigenvalue weighted by Gasteiger charge is -2.23. The van der Waals surface area contributed by atoms with Gasteiger partial charge in [0.05, 0.1) is 34.3 Å². The summed E-state index contributed by atoms with van der Waals surface area (Å²) in [4.78, 5) is 0. The lowest BCUT2D eigenvalue weighted by atomic mass is 10.0. The fourth-order valence-electron chi connectivity index (χ4n) is 2.74. The van der Waals surface area contributed by atoms with Gasteiger partial charge in [-0.25, -0.2) is 0 Å². The van der Waals surface area contributed by atoms with Crippen molar-refractivity contribution in [3.63, 3.8) is 0 Å². The van der Waals surface area contributed by atoms with Crippen LogP contribution in [0, 0.1) is 6.92 Å². The van der Waals surface area contributed by atoms with Crippen LogP contribution in [0.2, 0.25) is 0 Å². The summed E-state index contributed by atoms with van der Waals surface area (Å²) in [5.74, 6) is 0.867. The van der Waals surface area contributed by atoms with Crippen LogP contribution in [0.25, 0.3) is 0 Å². The van der Waals surface area contributed by atoms with Gasteiger partial charge >= 0.3 is 0 Å². The number of hydrogen-bond donors (Lipinski definition) is 1. The van der Waals surface area contributed by atoms with Crippen LogP contribution in [-0.2, 0) is 0 Å². The van der Waals surface area contributed by atoms with Crippen molar-refractivity contribution in [1.82, 2.24) is 0 Å². The first kappa shape index (κ1) is 22.2. The smallest absolute Gasteiger partial charge is 0.119 e. The normalized spacial score (nSPS) is 12.3. The van der Waals surface area contributed by atoms with Gasteiger partial charge in [0.25, 0.3) is 0 Å². The van der Waals surface area contributed by atoms with E-state index in [0.717, 1.165) is 34.4 Å². The molecule has 3 heteroatoms. The van der Waals surface area contributed by atoms with Crippen molar-refractivity contribution in [2.75, 3.05) is 34.3 Å². The number of quaternary nitrogens is 1. The van der Waals surface area contributed by atoms with E-state index < -0.39 is 6.10 Å². The van der Waals surface area contributed by atoms with E-state index in [4.69, 9.17) is 4.74 Å². The highest BCUT2D eigenvalue weighted by molar-refractivity contribution is 5.34. The van der Waals surface area contributed by atoms with E-state index >= 15 is 0 Å². The number of benzene rings is 2. The van der Waals surface area contributed by atoms with E-state index in [1.54, 1.807) is 0 Å². The number of nitrogens with zero attached hydrogens (tertiary/aromatic N) is 1. The third-order valence-corrected chi connectivity index (χ3v) is 4.33. The molecule has 0 amide bonds. The Morgan fingerprint density at radius 2 is 1.38 bits per heavy atom. The van der Waals surface area contributed by atoms with Crippen molar-refractivity contribution < 1.29 is 14.3 Å². The number of rotatable bonds is 9. The maximum atomic E-state index is 10.5. The minimum atomic E-state index is -0.592. The molecule has 26 heavy (non-hydrogen) atoms. The predicted octanol–water partition coefficient (Wildman–Crippen LogP) is 4.97. The fourth-order valence-corrected chi connectivity index (χ4v) is 2.74. The van der Waals surface area contributed by atoms with E-state index in [0.29, 0.717) is 0 Å². The first-order valence-corrected chi connectivity index (χ1v) is 9.13. The molecule has 0 bridgehead atoms. The summed E-state index contributed by atoms with van der Waals surface area (Å²) < 4.78 is 6.83. The van der Waals surface area contributed by atoms with Gasteiger partial charge in [-0.1, -0.05) is 49.4 Å². The third-order valence-electron chi connectivity index (χ3n) is 4.33. The van der Waals surface area contributed by atoms with Gasteiger partial charge in [-0.05, 0) is 49.4 Å². The summed E-state index contributed by atoms with van der Waals surface area (Å²) in [5.41, 5.74) is 3.00. The predicted molar refractivity (Wildman–Crippen MR) is 111 cm³/mol. The zero-order valence-electron chi connectivity index (χ0n) is 16.0. The highest BCUT2D eigenvalue weighted by atomic mass is 16.5. The number of ether oxygens (including phenoxy) is 1. The molecular weight excluding hydrogens is 322 g/mol. The molecule has 0 aliphatic rings. The standard InChI is InChI=1S/C22H32NO2.CH4/c1-18-8-10-19(11-9-18)22(24)20-12-14-21(15-13-20)25-17-7-5-6-16-23(2,3)4;/h8-15,22,24H,5-7,16-17H2,1-4H3;1H4/q+1;. The minimum Gasteiger partial charge on any atom is -0.494 e.